The first-order valence-corrected chi connectivity index (χ1v) is 4.64. The SMILES string of the molecule is CC=Cc1[nH]cc(COC)c1CC. The molecule has 0 unspecified atom stereocenters. The van der Waals surface area contributed by atoms with Gasteiger partial charge in [0.15, 0.2) is 0 Å². The lowest BCUT2D eigenvalue weighted by Crippen LogP contribution is -1.91. The van der Waals surface area contributed by atoms with E-state index in [9.17, 15) is 0 Å². The summed E-state index contributed by atoms with van der Waals surface area (Å²) in [6.07, 6.45) is 7.21. The zero-order valence-electron chi connectivity index (χ0n) is 8.55. The Balaban J connectivity index is 2.95. The Bertz CT molecular complexity index is 286. The summed E-state index contributed by atoms with van der Waals surface area (Å²) in [6.45, 7) is 4.88. The van der Waals surface area contributed by atoms with Gasteiger partial charge in [-0.1, -0.05) is 13.0 Å². The molecule has 0 saturated carbocycles. The highest BCUT2D eigenvalue weighted by molar-refractivity contribution is 5.52. The number of aromatic nitrogens is 1. The van der Waals surface area contributed by atoms with Gasteiger partial charge in [0.25, 0.3) is 0 Å². The number of hydrogen-bond donors (Lipinski definition) is 1. The lowest BCUT2D eigenvalue weighted by Gasteiger charge is -2.00. The van der Waals surface area contributed by atoms with E-state index >= 15 is 0 Å². The molecule has 72 valence electrons. The predicted octanol–water partition coefficient (Wildman–Crippen LogP) is 2.76. The van der Waals surface area contributed by atoms with Gasteiger partial charge < -0.3 is 9.72 Å². The van der Waals surface area contributed by atoms with Crippen LogP contribution in [0.5, 0.6) is 0 Å². The summed E-state index contributed by atoms with van der Waals surface area (Å²) in [5.41, 5.74) is 3.83. The van der Waals surface area contributed by atoms with E-state index in [1.807, 2.05) is 19.2 Å². The fourth-order valence-electron chi connectivity index (χ4n) is 1.53. The van der Waals surface area contributed by atoms with Crippen molar-refractivity contribution < 1.29 is 4.74 Å². The van der Waals surface area contributed by atoms with E-state index in [0.29, 0.717) is 6.61 Å². The Kier molecular flexibility index (Phi) is 3.77. The third-order valence-corrected chi connectivity index (χ3v) is 2.10. The summed E-state index contributed by atoms with van der Waals surface area (Å²) >= 11 is 0. The molecular formula is C11H17NO. The Morgan fingerprint density at radius 2 is 2.31 bits per heavy atom. The summed E-state index contributed by atoms with van der Waals surface area (Å²) in [4.78, 5) is 3.24. The topological polar surface area (TPSA) is 25.0 Å². The van der Waals surface area contributed by atoms with Crippen molar-refractivity contribution in [3.05, 3.63) is 29.1 Å². The quantitative estimate of drug-likeness (QED) is 0.755. The minimum Gasteiger partial charge on any atom is -0.380 e. The van der Waals surface area contributed by atoms with Crippen molar-refractivity contribution >= 4 is 6.08 Å². The van der Waals surface area contributed by atoms with Crippen LogP contribution in [0.15, 0.2) is 12.3 Å². The van der Waals surface area contributed by atoms with Crippen molar-refractivity contribution in [2.45, 2.75) is 26.9 Å². The summed E-state index contributed by atoms with van der Waals surface area (Å²) in [6, 6.07) is 0. The van der Waals surface area contributed by atoms with E-state index in [0.717, 1.165) is 6.42 Å². The molecule has 0 radical (unpaired) electrons. The predicted molar refractivity (Wildman–Crippen MR) is 55.6 cm³/mol. The van der Waals surface area contributed by atoms with Crippen LogP contribution >= 0.6 is 0 Å². The largest absolute Gasteiger partial charge is 0.380 e. The summed E-state index contributed by atoms with van der Waals surface area (Å²) in [5.74, 6) is 0. The fraction of sp³-hybridized carbons (Fsp3) is 0.455. The molecule has 1 aromatic rings. The highest BCUT2D eigenvalue weighted by atomic mass is 16.5. The van der Waals surface area contributed by atoms with Crippen molar-refractivity contribution in [3.8, 4) is 0 Å². The maximum atomic E-state index is 5.12. The molecule has 1 N–H and O–H groups in total. The maximum Gasteiger partial charge on any atom is 0.0730 e. The van der Waals surface area contributed by atoms with Gasteiger partial charge in [-0.05, 0) is 30.5 Å². The number of ether oxygens (including phenoxy) is 1. The van der Waals surface area contributed by atoms with Gasteiger partial charge in [-0.3, -0.25) is 0 Å². The normalized spacial score (nSPS) is 11.3. The second-order valence-electron chi connectivity index (χ2n) is 2.99. The minimum atomic E-state index is 0.692. The number of rotatable bonds is 4. The van der Waals surface area contributed by atoms with E-state index in [2.05, 4.69) is 18.0 Å². The van der Waals surface area contributed by atoms with Gasteiger partial charge in [-0.15, -0.1) is 0 Å². The third kappa shape index (κ3) is 2.22. The molecule has 0 aliphatic rings. The molecular weight excluding hydrogens is 162 g/mol. The molecule has 0 aliphatic carbocycles. The highest BCUT2D eigenvalue weighted by Crippen LogP contribution is 2.17. The van der Waals surface area contributed by atoms with Gasteiger partial charge in [0.1, 0.15) is 0 Å². The molecule has 0 bridgehead atoms. The molecule has 1 rings (SSSR count). The number of methoxy groups -OCH3 is 1. The van der Waals surface area contributed by atoms with Gasteiger partial charge in [0.05, 0.1) is 6.61 Å². The molecule has 2 heteroatoms. The summed E-state index contributed by atoms with van der Waals surface area (Å²) in [7, 11) is 1.72. The molecule has 13 heavy (non-hydrogen) atoms. The molecule has 0 saturated heterocycles. The van der Waals surface area contributed by atoms with Crippen LogP contribution in [0.3, 0.4) is 0 Å². The Hall–Kier alpha value is -1.02. The van der Waals surface area contributed by atoms with E-state index < -0.39 is 0 Å². The van der Waals surface area contributed by atoms with Crippen molar-refractivity contribution in [2.24, 2.45) is 0 Å². The van der Waals surface area contributed by atoms with Crippen molar-refractivity contribution in [2.75, 3.05) is 7.11 Å². The maximum absolute atomic E-state index is 5.12. The molecule has 0 amide bonds. The minimum absolute atomic E-state index is 0.692. The van der Waals surface area contributed by atoms with Crippen LogP contribution in [-0.2, 0) is 17.8 Å². The van der Waals surface area contributed by atoms with E-state index in [1.165, 1.54) is 16.8 Å². The first-order valence-electron chi connectivity index (χ1n) is 4.64. The van der Waals surface area contributed by atoms with Gasteiger partial charge in [0.2, 0.25) is 0 Å². The van der Waals surface area contributed by atoms with Crippen LogP contribution in [0.4, 0.5) is 0 Å². The standard InChI is InChI=1S/C11H17NO/c1-4-6-11-10(5-2)9(7-12-11)8-13-3/h4,6-7,12H,5,8H2,1-3H3. The number of H-pyrrole nitrogens is 1. The number of nitrogens with one attached hydrogen (secondary N) is 1. The molecule has 0 aromatic carbocycles. The Labute approximate surface area is 79.6 Å². The van der Waals surface area contributed by atoms with Gasteiger partial charge in [0, 0.05) is 19.0 Å². The van der Waals surface area contributed by atoms with Crippen LogP contribution < -0.4 is 0 Å². The van der Waals surface area contributed by atoms with Crippen molar-refractivity contribution in [3.63, 3.8) is 0 Å². The molecule has 0 aliphatic heterocycles. The molecule has 2 nitrogen and oxygen atoms in total. The smallest absolute Gasteiger partial charge is 0.0730 e. The Morgan fingerprint density at radius 3 is 2.85 bits per heavy atom. The number of hydrogen-bond acceptors (Lipinski definition) is 1. The van der Waals surface area contributed by atoms with Crippen LogP contribution in [0.1, 0.15) is 30.7 Å². The van der Waals surface area contributed by atoms with Gasteiger partial charge in [-0.2, -0.15) is 0 Å². The Morgan fingerprint density at radius 1 is 1.54 bits per heavy atom. The van der Waals surface area contributed by atoms with Crippen molar-refractivity contribution in [1.82, 2.24) is 4.98 Å². The van der Waals surface area contributed by atoms with E-state index in [4.69, 9.17) is 4.74 Å². The van der Waals surface area contributed by atoms with Crippen LogP contribution in [0.2, 0.25) is 0 Å². The number of aromatic amines is 1. The average Bonchev–Trinajstić information content (AvgIpc) is 2.49. The van der Waals surface area contributed by atoms with Crippen molar-refractivity contribution in [1.29, 1.82) is 0 Å². The van der Waals surface area contributed by atoms with Crippen LogP contribution in [0, 0.1) is 0 Å². The third-order valence-electron chi connectivity index (χ3n) is 2.10. The lowest BCUT2D eigenvalue weighted by molar-refractivity contribution is 0.184. The van der Waals surface area contributed by atoms with Gasteiger partial charge in [-0.25, -0.2) is 0 Å². The summed E-state index contributed by atoms with van der Waals surface area (Å²) in [5, 5.41) is 0. The number of allylic oxidation sites excluding steroid dienone is 1. The monoisotopic (exact) mass is 179 g/mol. The molecule has 1 heterocycles. The van der Waals surface area contributed by atoms with E-state index in [-0.39, 0.29) is 0 Å². The lowest BCUT2D eigenvalue weighted by atomic mass is 10.1. The summed E-state index contributed by atoms with van der Waals surface area (Å²) < 4.78 is 5.12. The molecule has 1 aromatic heterocycles. The highest BCUT2D eigenvalue weighted by Gasteiger charge is 2.06. The molecule has 0 atom stereocenters. The zero-order valence-corrected chi connectivity index (χ0v) is 8.55. The fourth-order valence-corrected chi connectivity index (χ4v) is 1.53. The molecule has 0 fully saturated rings. The second-order valence-corrected chi connectivity index (χ2v) is 2.99. The first-order chi connectivity index (χ1) is 6.33. The second kappa shape index (κ2) is 4.87. The molecule has 0 spiro atoms. The first kappa shape index (κ1) is 10.1. The van der Waals surface area contributed by atoms with Crippen LogP contribution in [-0.4, -0.2) is 12.1 Å². The van der Waals surface area contributed by atoms with Crippen LogP contribution in [0.25, 0.3) is 6.08 Å². The average molecular weight is 179 g/mol. The van der Waals surface area contributed by atoms with E-state index in [1.54, 1.807) is 7.11 Å². The zero-order chi connectivity index (χ0) is 9.68. The van der Waals surface area contributed by atoms with Gasteiger partial charge >= 0.3 is 0 Å².